The molecule has 3 aromatic rings. The van der Waals surface area contributed by atoms with Crippen molar-refractivity contribution in [1.82, 2.24) is 10.3 Å². The van der Waals surface area contributed by atoms with Crippen LogP contribution < -0.4 is 9.62 Å². The first kappa shape index (κ1) is 19.0. The molecule has 6 nitrogen and oxygen atoms in total. The van der Waals surface area contributed by atoms with E-state index in [1.54, 1.807) is 24.3 Å². The Balaban J connectivity index is 1.82. The van der Waals surface area contributed by atoms with Crippen LogP contribution in [-0.2, 0) is 16.6 Å². The zero-order chi connectivity index (χ0) is 19.8. The summed E-state index contributed by atoms with van der Waals surface area (Å²) in [6.45, 7) is 4.45. The Bertz CT molecular complexity index is 1120. The summed E-state index contributed by atoms with van der Waals surface area (Å²) in [6, 6.07) is 12.7. The zero-order valence-electron chi connectivity index (χ0n) is 15.8. The van der Waals surface area contributed by atoms with Crippen molar-refractivity contribution in [1.29, 1.82) is 0 Å². The van der Waals surface area contributed by atoms with Crippen LogP contribution in [0.25, 0.3) is 10.9 Å². The summed E-state index contributed by atoms with van der Waals surface area (Å²) >= 11 is 0. The van der Waals surface area contributed by atoms with Gasteiger partial charge in [0.1, 0.15) is 0 Å². The number of nitrogens with zero attached hydrogens (tertiary/aromatic N) is 1. The molecule has 0 unspecified atom stereocenters. The van der Waals surface area contributed by atoms with Gasteiger partial charge in [-0.25, -0.2) is 8.42 Å². The number of anilines is 1. The molecule has 1 aromatic heterocycles. The second-order valence-corrected chi connectivity index (χ2v) is 8.70. The van der Waals surface area contributed by atoms with Gasteiger partial charge in [0.25, 0.3) is 5.91 Å². The number of aromatic nitrogens is 1. The molecule has 0 fully saturated rings. The van der Waals surface area contributed by atoms with Crippen LogP contribution in [-0.4, -0.2) is 32.6 Å². The van der Waals surface area contributed by atoms with Crippen molar-refractivity contribution in [3.8, 4) is 0 Å². The first-order valence-electron chi connectivity index (χ1n) is 8.57. The van der Waals surface area contributed by atoms with Gasteiger partial charge in [0, 0.05) is 30.2 Å². The van der Waals surface area contributed by atoms with Gasteiger partial charge in [-0.2, -0.15) is 0 Å². The summed E-state index contributed by atoms with van der Waals surface area (Å²) < 4.78 is 24.8. The predicted octanol–water partition coefficient (Wildman–Crippen LogP) is 3.11. The molecule has 0 atom stereocenters. The minimum absolute atomic E-state index is 0.317. The fourth-order valence-electron chi connectivity index (χ4n) is 3.01. The maximum absolute atomic E-state index is 12.7. The lowest BCUT2D eigenvalue weighted by molar-refractivity contribution is 0.0951. The molecule has 0 saturated heterocycles. The highest BCUT2D eigenvalue weighted by Gasteiger charge is 2.19. The van der Waals surface area contributed by atoms with Crippen molar-refractivity contribution in [2.24, 2.45) is 0 Å². The largest absolute Gasteiger partial charge is 0.358 e. The lowest BCUT2D eigenvalue weighted by Crippen LogP contribution is -2.29. The van der Waals surface area contributed by atoms with Crippen LogP contribution in [0.3, 0.4) is 0 Å². The summed E-state index contributed by atoms with van der Waals surface area (Å²) in [5, 5.41) is 4.02. The molecule has 27 heavy (non-hydrogen) atoms. The van der Waals surface area contributed by atoms with Gasteiger partial charge in [0.05, 0.1) is 17.5 Å². The van der Waals surface area contributed by atoms with Crippen molar-refractivity contribution >= 4 is 32.5 Å². The zero-order valence-corrected chi connectivity index (χ0v) is 16.6. The van der Waals surface area contributed by atoms with E-state index in [9.17, 15) is 13.2 Å². The van der Waals surface area contributed by atoms with Crippen LogP contribution in [0.4, 0.5) is 5.69 Å². The van der Waals surface area contributed by atoms with E-state index in [0.29, 0.717) is 17.8 Å². The lowest BCUT2D eigenvalue weighted by atomic mass is 10.1. The Labute approximate surface area is 159 Å². The quantitative estimate of drug-likeness (QED) is 0.708. The summed E-state index contributed by atoms with van der Waals surface area (Å²) in [5.41, 5.74) is 5.04. The summed E-state index contributed by atoms with van der Waals surface area (Å²) in [5.74, 6) is -0.317. The molecule has 0 saturated carbocycles. The lowest BCUT2D eigenvalue weighted by Gasteiger charge is -2.19. The number of sulfonamides is 1. The number of rotatable bonds is 5. The number of aryl methyl sites for hydroxylation is 2. The summed E-state index contributed by atoms with van der Waals surface area (Å²) in [4.78, 5) is 16.0. The highest BCUT2D eigenvalue weighted by atomic mass is 32.2. The van der Waals surface area contributed by atoms with Gasteiger partial charge in [0.2, 0.25) is 10.0 Å². The molecule has 0 bridgehead atoms. The average Bonchev–Trinajstić information content (AvgIpc) is 2.92. The monoisotopic (exact) mass is 385 g/mol. The molecule has 0 aliphatic heterocycles. The Morgan fingerprint density at radius 2 is 1.85 bits per heavy atom. The molecule has 2 N–H and O–H groups in total. The fourth-order valence-corrected chi connectivity index (χ4v) is 3.53. The minimum atomic E-state index is -3.46. The van der Waals surface area contributed by atoms with Gasteiger partial charge in [-0.15, -0.1) is 0 Å². The van der Waals surface area contributed by atoms with Crippen LogP contribution >= 0.6 is 0 Å². The molecule has 3 rings (SSSR count). The molecule has 0 aliphatic carbocycles. The van der Waals surface area contributed by atoms with Gasteiger partial charge in [-0.3, -0.25) is 9.10 Å². The molecule has 0 radical (unpaired) electrons. The number of carbonyl (C=O) groups excluding carboxylic acids is 1. The summed E-state index contributed by atoms with van der Waals surface area (Å²) in [6.07, 6.45) is 1.11. The number of carbonyl (C=O) groups is 1. The van der Waals surface area contributed by atoms with Crippen molar-refractivity contribution in [3.63, 3.8) is 0 Å². The Morgan fingerprint density at radius 3 is 2.56 bits per heavy atom. The van der Waals surface area contributed by atoms with Gasteiger partial charge in [-0.05, 0) is 49.2 Å². The van der Waals surface area contributed by atoms with Crippen molar-refractivity contribution in [2.45, 2.75) is 20.4 Å². The Kier molecular flexibility index (Phi) is 4.97. The van der Waals surface area contributed by atoms with Crippen LogP contribution in [0.15, 0.2) is 42.5 Å². The van der Waals surface area contributed by atoms with E-state index in [2.05, 4.69) is 23.3 Å². The number of aromatic amines is 1. The fraction of sp³-hybridized carbons (Fsp3) is 0.250. The molecule has 1 heterocycles. The Morgan fingerprint density at radius 1 is 1.15 bits per heavy atom. The molecule has 0 aliphatic rings. The number of benzene rings is 2. The van der Waals surface area contributed by atoms with Crippen LogP contribution in [0.2, 0.25) is 0 Å². The van der Waals surface area contributed by atoms with E-state index in [-0.39, 0.29) is 5.91 Å². The molecular weight excluding hydrogens is 362 g/mol. The molecule has 142 valence electrons. The van der Waals surface area contributed by atoms with Crippen molar-refractivity contribution in [3.05, 3.63) is 64.8 Å². The van der Waals surface area contributed by atoms with E-state index >= 15 is 0 Å². The van der Waals surface area contributed by atoms with Crippen LogP contribution in [0.1, 0.15) is 27.2 Å². The molecule has 0 spiro atoms. The Hall–Kier alpha value is -2.80. The van der Waals surface area contributed by atoms with Gasteiger partial charge in [0.15, 0.2) is 0 Å². The van der Waals surface area contributed by atoms with E-state index < -0.39 is 10.0 Å². The van der Waals surface area contributed by atoms with Gasteiger partial charge < -0.3 is 10.3 Å². The maximum atomic E-state index is 12.7. The van der Waals surface area contributed by atoms with Crippen molar-refractivity contribution in [2.75, 3.05) is 17.6 Å². The summed E-state index contributed by atoms with van der Waals surface area (Å²) in [7, 11) is -2.02. The third-order valence-electron chi connectivity index (χ3n) is 4.81. The number of amides is 1. The standard InChI is InChI=1S/C20H23N3O3S/c1-13-14(2)22-18-10-9-15(11-17(13)18)12-21-20(24)16-7-5-6-8-19(16)23(3)27(4,25)26/h5-11,22H,12H2,1-4H3,(H,21,24). The number of hydrogen-bond donors (Lipinski definition) is 2. The van der Waals surface area contributed by atoms with E-state index in [1.165, 1.54) is 12.6 Å². The maximum Gasteiger partial charge on any atom is 0.253 e. The second-order valence-electron chi connectivity index (χ2n) is 6.69. The number of nitrogens with one attached hydrogen (secondary N) is 2. The number of para-hydroxylation sites is 1. The second kappa shape index (κ2) is 7.08. The highest BCUT2D eigenvalue weighted by molar-refractivity contribution is 7.92. The van der Waals surface area contributed by atoms with E-state index in [0.717, 1.165) is 32.7 Å². The SMILES string of the molecule is Cc1[nH]c2ccc(CNC(=O)c3ccccc3N(C)S(C)(=O)=O)cc2c1C. The van der Waals surface area contributed by atoms with Crippen LogP contribution in [0, 0.1) is 13.8 Å². The normalized spacial score (nSPS) is 11.6. The van der Waals surface area contributed by atoms with E-state index in [1.807, 2.05) is 19.1 Å². The molecular formula is C20H23N3O3S. The van der Waals surface area contributed by atoms with Crippen molar-refractivity contribution < 1.29 is 13.2 Å². The third kappa shape index (κ3) is 3.83. The smallest absolute Gasteiger partial charge is 0.253 e. The third-order valence-corrected chi connectivity index (χ3v) is 6.00. The number of H-pyrrole nitrogens is 1. The van der Waals surface area contributed by atoms with Gasteiger partial charge in [-0.1, -0.05) is 18.2 Å². The topological polar surface area (TPSA) is 82.3 Å². The number of hydrogen-bond acceptors (Lipinski definition) is 3. The van der Waals surface area contributed by atoms with Gasteiger partial charge >= 0.3 is 0 Å². The molecule has 2 aromatic carbocycles. The highest BCUT2D eigenvalue weighted by Crippen LogP contribution is 2.23. The minimum Gasteiger partial charge on any atom is -0.358 e. The predicted molar refractivity (Wildman–Crippen MR) is 109 cm³/mol. The first-order valence-corrected chi connectivity index (χ1v) is 10.4. The molecule has 1 amide bonds. The number of fused-ring (bicyclic) bond motifs is 1. The molecule has 7 heteroatoms. The van der Waals surface area contributed by atoms with E-state index in [4.69, 9.17) is 0 Å². The average molecular weight is 385 g/mol. The van der Waals surface area contributed by atoms with Crippen LogP contribution in [0.5, 0.6) is 0 Å². The first-order chi connectivity index (χ1) is 12.7.